The van der Waals surface area contributed by atoms with Gasteiger partial charge < -0.3 is 19.3 Å². The molecule has 0 fully saturated rings. The molecule has 5 rings (SSSR count). The predicted octanol–water partition coefficient (Wildman–Crippen LogP) is 4.27. The van der Waals surface area contributed by atoms with Gasteiger partial charge in [0.05, 0.1) is 24.7 Å². The largest absolute Gasteiger partial charge is 0.493 e. The van der Waals surface area contributed by atoms with Gasteiger partial charge in [-0.1, -0.05) is 12.1 Å². The molecule has 2 N–H and O–H groups in total. The smallest absolute Gasteiger partial charge is 0.330 e. The van der Waals surface area contributed by atoms with E-state index in [1.54, 1.807) is 37.4 Å². The average molecular weight is 482 g/mol. The van der Waals surface area contributed by atoms with E-state index in [4.69, 9.17) is 14.2 Å². The second-order valence-corrected chi connectivity index (χ2v) is 9.47. The maximum Gasteiger partial charge on any atom is 0.330 e. The monoisotopic (exact) mass is 481 g/mol. The molecule has 0 unspecified atom stereocenters. The molecule has 3 aromatic rings. The minimum atomic E-state index is -3.83. The molecule has 1 aliphatic heterocycles. The van der Waals surface area contributed by atoms with Crippen LogP contribution in [0.5, 0.6) is 23.1 Å². The van der Waals surface area contributed by atoms with Crippen LogP contribution in [0, 0.1) is 6.92 Å². The zero-order valence-corrected chi connectivity index (χ0v) is 19.4. The van der Waals surface area contributed by atoms with Gasteiger partial charge in [0.15, 0.2) is 0 Å². The third-order valence-corrected chi connectivity index (χ3v) is 7.02. The Hall–Kier alpha value is -3.92. The molecule has 2 aromatic carbocycles. The maximum absolute atomic E-state index is 12.0. The second kappa shape index (κ2) is 8.45. The number of pyridine rings is 1. The van der Waals surface area contributed by atoms with Crippen molar-refractivity contribution in [1.82, 2.24) is 9.71 Å². The number of fused-ring (bicyclic) bond motifs is 1. The maximum atomic E-state index is 12.0. The first-order valence-corrected chi connectivity index (χ1v) is 12.1. The Bertz CT molecular complexity index is 1370. The molecule has 0 saturated carbocycles. The Morgan fingerprint density at radius 1 is 1.09 bits per heavy atom. The number of benzene rings is 2. The summed E-state index contributed by atoms with van der Waals surface area (Å²) in [6.07, 6.45) is 2.55. The molecular weight excluding hydrogens is 458 g/mol. The standard InChI is InChI=1S/C24H23N3O6S/c1-15-20(12-13-24(25-15)31-2)33-21-5-3-4-18-19(21)10-11-22(18)32-17-8-6-16(7-9-17)27-14-23(28)26-34(27,29)30/h3-9,12-14,22,26,28H,10-11H2,1-2H3/t22-/m1/s1. The lowest BCUT2D eigenvalue weighted by Gasteiger charge is -2.18. The Balaban J connectivity index is 1.33. The molecule has 0 bridgehead atoms. The Morgan fingerprint density at radius 3 is 2.56 bits per heavy atom. The van der Waals surface area contributed by atoms with E-state index < -0.39 is 16.1 Å². The van der Waals surface area contributed by atoms with Crippen LogP contribution < -0.4 is 23.2 Å². The number of nitrogens with zero attached hydrogens (tertiary/aromatic N) is 2. The van der Waals surface area contributed by atoms with Gasteiger partial charge in [-0.2, -0.15) is 8.42 Å². The second-order valence-electron chi connectivity index (χ2n) is 7.92. The third kappa shape index (κ3) is 4.08. The summed E-state index contributed by atoms with van der Waals surface area (Å²) in [4.78, 5) is 4.37. The molecule has 0 saturated heterocycles. The van der Waals surface area contributed by atoms with E-state index in [-0.39, 0.29) is 6.10 Å². The first-order valence-electron chi connectivity index (χ1n) is 10.6. The molecule has 0 radical (unpaired) electrons. The van der Waals surface area contributed by atoms with Crippen LogP contribution in [-0.4, -0.2) is 25.6 Å². The van der Waals surface area contributed by atoms with Crippen molar-refractivity contribution >= 4 is 15.9 Å². The molecule has 34 heavy (non-hydrogen) atoms. The molecule has 10 heteroatoms. The van der Waals surface area contributed by atoms with E-state index in [1.165, 1.54) is 0 Å². The van der Waals surface area contributed by atoms with Crippen LogP contribution in [0.25, 0.3) is 0 Å². The molecule has 0 spiro atoms. The van der Waals surface area contributed by atoms with E-state index >= 15 is 0 Å². The SMILES string of the molecule is COc1ccc(Oc2cccc3c2CC[C@H]3Oc2ccc(N3C=C(O)NS3(=O)=O)cc2)c(C)n1. The number of aryl methyl sites for hydroxylation is 1. The van der Waals surface area contributed by atoms with Crippen molar-refractivity contribution < 1.29 is 27.7 Å². The Morgan fingerprint density at radius 2 is 1.88 bits per heavy atom. The lowest BCUT2D eigenvalue weighted by Crippen LogP contribution is -2.29. The summed E-state index contributed by atoms with van der Waals surface area (Å²) < 4.78 is 44.6. The van der Waals surface area contributed by atoms with E-state index in [1.807, 2.05) is 35.9 Å². The van der Waals surface area contributed by atoms with Gasteiger partial charge in [-0.25, -0.2) is 14.0 Å². The normalized spacial score (nSPS) is 18.1. The predicted molar refractivity (Wildman–Crippen MR) is 125 cm³/mol. The number of nitrogens with one attached hydrogen (secondary N) is 1. The van der Waals surface area contributed by atoms with Gasteiger partial charge in [-0.05, 0) is 61.7 Å². The van der Waals surface area contributed by atoms with Crippen molar-refractivity contribution in [2.75, 3.05) is 11.4 Å². The first-order chi connectivity index (χ1) is 16.3. The summed E-state index contributed by atoms with van der Waals surface area (Å²) in [5.74, 6) is 2.16. The highest BCUT2D eigenvalue weighted by molar-refractivity contribution is 7.91. The average Bonchev–Trinajstić information content (AvgIpc) is 3.35. The van der Waals surface area contributed by atoms with Crippen LogP contribution in [0.15, 0.2) is 66.7 Å². The van der Waals surface area contributed by atoms with E-state index in [9.17, 15) is 13.5 Å². The van der Waals surface area contributed by atoms with Crippen LogP contribution in [0.2, 0.25) is 0 Å². The highest BCUT2D eigenvalue weighted by atomic mass is 32.2. The molecule has 1 aromatic heterocycles. The number of aromatic nitrogens is 1. The number of anilines is 1. The van der Waals surface area contributed by atoms with Crippen LogP contribution in [0.4, 0.5) is 5.69 Å². The molecule has 9 nitrogen and oxygen atoms in total. The third-order valence-electron chi connectivity index (χ3n) is 5.72. The van der Waals surface area contributed by atoms with Gasteiger partial charge >= 0.3 is 10.2 Å². The summed E-state index contributed by atoms with van der Waals surface area (Å²) in [6, 6.07) is 16.2. The topological polar surface area (TPSA) is 110 Å². The van der Waals surface area contributed by atoms with Crippen LogP contribution in [0.1, 0.15) is 29.3 Å². The van der Waals surface area contributed by atoms with Crippen molar-refractivity contribution in [1.29, 1.82) is 0 Å². The fourth-order valence-electron chi connectivity index (χ4n) is 4.10. The lowest BCUT2D eigenvalue weighted by atomic mass is 10.1. The Kier molecular flexibility index (Phi) is 5.45. The van der Waals surface area contributed by atoms with E-state index in [0.29, 0.717) is 23.1 Å². The quantitative estimate of drug-likeness (QED) is 0.541. The number of hydrogen-bond acceptors (Lipinski definition) is 7. The van der Waals surface area contributed by atoms with Gasteiger partial charge in [-0.15, -0.1) is 0 Å². The summed E-state index contributed by atoms with van der Waals surface area (Å²) in [5.41, 5.74) is 3.27. The van der Waals surface area contributed by atoms with Crippen molar-refractivity contribution in [3.8, 4) is 23.1 Å². The Labute approximate surface area is 197 Å². The van der Waals surface area contributed by atoms with Gasteiger partial charge in [0.1, 0.15) is 23.4 Å². The molecule has 2 heterocycles. The van der Waals surface area contributed by atoms with Gasteiger partial charge in [-0.3, -0.25) is 0 Å². The first kappa shape index (κ1) is 21.9. The fourth-order valence-corrected chi connectivity index (χ4v) is 5.16. The van der Waals surface area contributed by atoms with Crippen molar-refractivity contribution in [3.05, 3.63) is 83.5 Å². The number of methoxy groups -OCH3 is 1. The molecule has 1 atom stereocenters. The van der Waals surface area contributed by atoms with Crippen molar-refractivity contribution in [2.24, 2.45) is 0 Å². The van der Waals surface area contributed by atoms with Crippen molar-refractivity contribution in [2.45, 2.75) is 25.9 Å². The number of rotatable bonds is 6. The molecule has 2 aliphatic rings. The summed E-state index contributed by atoms with van der Waals surface area (Å²) in [5, 5.41) is 9.47. The van der Waals surface area contributed by atoms with Crippen molar-refractivity contribution in [3.63, 3.8) is 0 Å². The molecular formula is C24H23N3O6S. The zero-order valence-electron chi connectivity index (χ0n) is 18.6. The number of ether oxygens (including phenoxy) is 3. The highest BCUT2D eigenvalue weighted by Gasteiger charge is 2.30. The lowest BCUT2D eigenvalue weighted by molar-refractivity contribution is 0.207. The molecule has 176 valence electrons. The van der Waals surface area contributed by atoms with Crippen LogP contribution in [-0.2, 0) is 16.6 Å². The minimum Gasteiger partial charge on any atom is -0.493 e. The fraction of sp³-hybridized carbons (Fsp3) is 0.208. The summed E-state index contributed by atoms with van der Waals surface area (Å²) in [6.45, 7) is 1.87. The van der Waals surface area contributed by atoms with Crippen LogP contribution >= 0.6 is 0 Å². The van der Waals surface area contributed by atoms with Gasteiger partial charge in [0.25, 0.3) is 0 Å². The van der Waals surface area contributed by atoms with Gasteiger partial charge in [0, 0.05) is 11.6 Å². The number of aliphatic hydroxyl groups is 1. The van der Waals surface area contributed by atoms with Gasteiger partial charge in [0.2, 0.25) is 11.8 Å². The van der Waals surface area contributed by atoms with Crippen LogP contribution in [0.3, 0.4) is 0 Å². The zero-order chi connectivity index (χ0) is 23.9. The molecule has 0 amide bonds. The minimum absolute atomic E-state index is 0.152. The number of hydrogen-bond donors (Lipinski definition) is 2. The van der Waals surface area contributed by atoms with E-state index in [2.05, 4.69) is 4.98 Å². The molecule has 1 aliphatic carbocycles. The summed E-state index contributed by atoms with van der Waals surface area (Å²) in [7, 11) is -2.25. The number of aliphatic hydroxyl groups excluding tert-OH is 1. The summed E-state index contributed by atoms with van der Waals surface area (Å²) >= 11 is 0. The van der Waals surface area contributed by atoms with E-state index in [0.717, 1.165) is 45.9 Å². The highest BCUT2D eigenvalue weighted by Crippen LogP contribution is 2.41.